The third-order valence-corrected chi connectivity index (χ3v) is 5.66. The number of aliphatic carboxylic acids is 1. The Labute approximate surface area is 119 Å². The van der Waals surface area contributed by atoms with Gasteiger partial charge in [0.25, 0.3) is 0 Å². The van der Waals surface area contributed by atoms with Gasteiger partial charge in [0.1, 0.15) is 0 Å². The molecule has 2 atom stereocenters. The summed E-state index contributed by atoms with van der Waals surface area (Å²) in [6.45, 7) is 3.74. The molecular formula is C14H19NO4S. The van der Waals surface area contributed by atoms with Crippen LogP contribution in [0.4, 0.5) is 0 Å². The molecular weight excluding hydrogens is 278 g/mol. The standard InChI is InChI=1S/C14H19NO4S/c1-3-10(2)15(8-14(16)17)12-9-20(18,19)13-7-5-4-6-11(12)13/h4-7,10,12H,3,8-9H2,1-2H3,(H,16,17). The first-order valence-corrected chi connectivity index (χ1v) is 8.31. The number of carboxylic acids is 1. The molecule has 0 saturated heterocycles. The maximum atomic E-state index is 12.2. The highest BCUT2D eigenvalue weighted by atomic mass is 32.2. The quantitative estimate of drug-likeness (QED) is 0.895. The van der Waals surface area contributed by atoms with Gasteiger partial charge in [0.05, 0.1) is 23.2 Å². The topological polar surface area (TPSA) is 74.7 Å². The molecule has 0 bridgehead atoms. The van der Waals surface area contributed by atoms with Crippen LogP contribution in [0.1, 0.15) is 31.9 Å². The van der Waals surface area contributed by atoms with E-state index in [0.29, 0.717) is 10.5 Å². The molecule has 5 nitrogen and oxygen atoms in total. The predicted octanol–water partition coefficient (Wildman–Crippen LogP) is 1.70. The van der Waals surface area contributed by atoms with Crippen LogP contribution in [0.5, 0.6) is 0 Å². The average Bonchev–Trinajstić information content (AvgIpc) is 2.67. The Balaban J connectivity index is 2.43. The molecule has 20 heavy (non-hydrogen) atoms. The number of sulfone groups is 1. The molecule has 0 aliphatic carbocycles. The molecule has 0 fully saturated rings. The predicted molar refractivity (Wildman–Crippen MR) is 75.3 cm³/mol. The van der Waals surface area contributed by atoms with Gasteiger partial charge in [-0.15, -0.1) is 0 Å². The number of hydrogen-bond acceptors (Lipinski definition) is 4. The molecule has 0 spiro atoms. The Morgan fingerprint density at radius 3 is 2.70 bits per heavy atom. The van der Waals surface area contributed by atoms with Gasteiger partial charge in [-0.3, -0.25) is 9.69 Å². The number of hydrogen-bond donors (Lipinski definition) is 1. The van der Waals surface area contributed by atoms with E-state index in [0.717, 1.165) is 6.42 Å². The Kier molecular flexibility index (Phi) is 4.15. The third-order valence-electron chi connectivity index (χ3n) is 3.87. The van der Waals surface area contributed by atoms with Crippen molar-refractivity contribution in [2.24, 2.45) is 0 Å². The lowest BCUT2D eigenvalue weighted by Crippen LogP contribution is -2.40. The van der Waals surface area contributed by atoms with E-state index in [1.54, 1.807) is 29.2 Å². The van der Waals surface area contributed by atoms with Crippen molar-refractivity contribution in [1.29, 1.82) is 0 Å². The second-order valence-electron chi connectivity index (χ2n) is 5.16. The van der Waals surface area contributed by atoms with Crippen molar-refractivity contribution in [2.75, 3.05) is 12.3 Å². The number of fused-ring (bicyclic) bond motifs is 1. The Morgan fingerprint density at radius 2 is 2.10 bits per heavy atom. The lowest BCUT2D eigenvalue weighted by atomic mass is 10.0. The zero-order chi connectivity index (χ0) is 14.9. The van der Waals surface area contributed by atoms with E-state index in [1.165, 1.54) is 0 Å². The summed E-state index contributed by atoms with van der Waals surface area (Å²) >= 11 is 0. The minimum absolute atomic E-state index is 0.0115. The van der Waals surface area contributed by atoms with Gasteiger partial charge in [0.2, 0.25) is 0 Å². The summed E-state index contributed by atoms with van der Waals surface area (Å²) in [7, 11) is -3.31. The molecule has 110 valence electrons. The molecule has 1 aliphatic rings. The zero-order valence-corrected chi connectivity index (χ0v) is 12.4. The Morgan fingerprint density at radius 1 is 1.45 bits per heavy atom. The van der Waals surface area contributed by atoms with Crippen LogP contribution in [0.3, 0.4) is 0 Å². The first kappa shape index (κ1) is 15.0. The first-order chi connectivity index (χ1) is 9.36. The Bertz CT molecular complexity index is 611. The van der Waals surface area contributed by atoms with Crippen LogP contribution in [0.2, 0.25) is 0 Å². The largest absolute Gasteiger partial charge is 0.480 e. The second-order valence-corrected chi connectivity index (χ2v) is 7.16. The van der Waals surface area contributed by atoms with Crippen LogP contribution >= 0.6 is 0 Å². The van der Waals surface area contributed by atoms with Crippen molar-refractivity contribution < 1.29 is 18.3 Å². The molecule has 1 aromatic rings. The number of carboxylic acid groups (broad SMARTS) is 1. The minimum Gasteiger partial charge on any atom is -0.480 e. The van der Waals surface area contributed by atoms with E-state index >= 15 is 0 Å². The maximum Gasteiger partial charge on any atom is 0.317 e. The zero-order valence-electron chi connectivity index (χ0n) is 11.6. The molecule has 2 unspecified atom stereocenters. The van der Waals surface area contributed by atoms with E-state index in [2.05, 4.69) is 0 Å². The van der Waals surface area contributed by atoms with Gasteiger partial charge < -0.3 is 5.11 Å². The van der Waals surface area contributed by atoms with Crippen LogP contribution in [0, 0.1) is 0 Å². The molecule has 6 heteroatoms. The van der Waals surface area contributed by atoms with Gasteiger partial charge in [-0.2, -0.15) is 0 Å². The summed E-state index contributed by atoms with van der Waals surface area (Å²) in [6.07, 6.45) is 0.770. The fraction of sp³-hybridized carbons (Fsp3) is 0.500. The SMILES string of the molecule is CCC(C)N(CC(=O)O)C1CS(=O)(=O)c2ccccc21. The maximum absolute atomic E-state index is 12.2. The lowest BCUT2D eigenvalue weighted by Gasteiger charge is -2.32. The van der Waals surface area contributed by atoms with Crippen molar-refractivity contribution in [3.8, 4) is 0 Å². The van der Waals surface area contributed by atoms with Gasteiger partial charge >= 0.3 is 5.97 Å². The second kappa shape index (κ2) is 5.54. The van der Waals surface area contributed by atoms with Crippen molar-refractivity contribution >= 4 is 15.8 Å². The highest BCUT2D eigenvalue weighted by Gasteiger charge is 2.39. The molecule has 1 aliphatic heterocycles. The summed E-state index contributed by atoms with van der Waals surface area (Å²) in [5.41, 5.74) is 0.717. The highest BCUT2D eigenvalue weighted by Crippen LogP contribution is 2.38. The van der Waals surface area contributed by atoms with Crippen molar-refractivity contribution in [2.45, 2.75) is 37.2 Å². The molecule has 0 aromatic heterocycles. The lowest BCUT2D eigenvalue weighted by molar-refractivity contribution is -0.139. The van der Waals surface area contributed by atoms with Crippen LogP contribution in [0.25, 0.3) is 0 Å². The number of nitrogens with zero attached hydrogens (tertiary/aromatic N) is 1. The molecule has 0 saturated carbocycles. The average molecular weight is 297 g/mol. The van der Waals surface area contributed by atoms with Crippen LogP contribution < -0.4 is 0 Å². The number of carbonyl (C=O) groups is 1. The highest BCUT2D eigenvalue weighted by molar-refractivity contribution is 7.91. The van der Waals surface area contributed by atoms with Gasteiger partial charge in [-0.1, -0.05) is 25.1 Å². The molecule has 2 rings (SSSR count). The van der Waals surface area contributed by atoms with E-state index in [4.69, 9.17) is 5.11 Å². The van der Waals surface area contributed by atoms with Crippen LogP contribution in [-0.2, 0) is 14.6 Å². The van der Waals surface area contributed by atoms with Gasteiger partial charge in [0.15, 0.2) is 9.84 Å². The normalized spacial score (nSPS) is 21.6. The van der Waals surface area contributed by atoms with Gasteiger partial charge in [-0.25, -0.2) is 8.42 Å². The smallest absolute Gasteiger partial charge is 0.317 e. The monoisotopic (exact) mass is 297 g/mol. The molecule has 1 heterocycles. The van der Waals surface area contributed by atoms with Crippen LogP contribution in [0.15, 0.2) is 29.2 Å². The fourth-order valence-corrected chi connectivity index (χ4v) is 4.48. The van der Waals surface area contributed by atoms with E-state index < -0.39 is 15.8 Å². The summed E-state index contributed by atoms with van der Waals surface area (Å²) in [5.74, 6) is -0.976. The van der Waals surface area contributed by atoms with Crippen molar-refractivity contribution in [3.63, 3.8) is 0 Å². The van der Waals surface area contributed by atoms with Gasteiger partial charge in [0, 0.05) is 6.04 Å². The Hall–Kier alpha value is -1.40. The molecule has 0 amide bonds. The van der Waals surface area contributed by atoms with Crippen LogP contribution in [-0.4, -0.2) is 42.7 Å². The summed E-state index contributed by atoms with van der Waals surface area (Å²) in [5, 5.41) is 9.08. The van der Waals surface area contributed by atoms with Crippen molar-refractivity contribution in [3.05, 3.63) is 29.8 Å². The number of rotatable bonds is 5. The molecule has 0 radical (unpaired) electrons. The molecule has 1 N–H and O–H groups in total. The van der Waals surface area contributed by atoms with Crippen molar-refractivity contribution in [1.82, 2.24) is 4.90 Å². The third kappa shape index (κ3) is 2.71. The summed E-state index contributed by atoms with van der Waals surface area (Å²) in [4.78, 5) is 13.2. The summed E-state index contributed by atoms with van der Waals surface area (Å²) in [6, 6.07) is 6.51. The minimum atomic E-state index is -3.31. The first-order valence-electron chi connectivity index (χ1n) is 6.66. The van der Waals surface area contributed by atoms with E-state index in [1.807, 2.05) is 13.8 Å². The van der Waals surface area contributed by atoms with E-state index in [-0.39, 0.29) is 24.4 Å². The van der Waals surface area contributed by atoms with Gasteiger partial charge in [-0.05, 0) is 25.0 Å². The fourth-order valence-electron chi connectivity index (χ4n) is 2.66. The van der Waals surface area contributed by atoms with E-state index in [9.17, 15) is 13.2 Å². The number of benzene rings is 1. The molecule has 1 aromatic carbocycles. The summed E-state index contributed by atoms with van der Waals surface area (Å²) < 4.78 is 24.4.